The Morgan fingerprint density at radius 2 is 1.59 bits per heavy atom. The summed E-state index contributed by atoms with van der Waals surface area (Å²) >= 11 is 0. The van der Waals surface area contributed by atoms with Gasteiger partial charge in [-0.25, -0.2) is 0 Å². The average molecular weight is 378 g/mol. The second-order valence-electron chi connectivity index (χ2n) is 8.91. The summed E-state index contributed by atoms with van der Waals surface area (Å²) in [7, 11) is 0. The molecule has 0 bridgehead atoms. The fourth-order valence-corrected chi connectivity index (χ4v) is 5.14. The molecular formula is C22H39N3O2. The van der Waals surface area contributed by atoms with Crippen molar-refractivity contribution in [3.8, 4) is 0 Å². The predicted molar refractivity (Wildman–Crippen MR) is 108 cm³/mol. The smallest absolute Gasteiger partial charge is 0.227 e. The molecule has 3 fully saturated rings. The molecule has 0 radical (unpaired) electrons. The summed E-state index contributed by atoms with van der Waals surface area (Å²) in [6.45, 7) is 8.65. The molecule has 0 spiro atoms. The highest BCUT2D eigenvalue weighted by atomic mass is 16.2. The van der Waals surface area contributed by atoms with Crippen LogP contribution in [0.2, 0.25) is 0 Å². The third kappa shape index (κ3) is 5.94. The van der Waals surface area contributed by atoms with Gasteiger partial charge in [-0.05, 0) is 51.0 Å². The Labute approximate surface area is 165 Å². The fourth-order valence-electron chi connectivity index (χ4n) is 5.14. The molecule has 2 saturated heterocycles. The van der Waals surface area contributed by atoms with Crippen molar-refractivity contribution in [2.24, 2.45) is 11.8 Å². The summed E-state index contributed by atoms with van der Waals surface area (Å²) in [5.74, 6) is 1.41. The normalized spacial score (nSPS) is 26.0. The van der Waals surface area contributed by atoms with Gasteiger partial charge in [-0.3, -0.25) is 9.59 Å². The Morgan fingerprint density at radius 3 is 2.37 bits per heavy atom. The molecule has 0 aromatic heterocycles. The number of hydrogen-bond donors (Lipinski definition) is 0. The molecule has 5 nitrogen and oxygen atoms in total. The molecule has 3 rings (SSSR count). The Morgan fingerprint density at radius 1 is 0.815 bits per heavy atom. The number of nitrogens with zero attached hydrogens (tertiary/aromatic N) is 3. The van der Waals surface area contributed by atoms with E-state index in [2.05, 4.69) is 9.80 Å². The van der Waals surface area contributed by atoms with Crippen LogP contribution in [0.5, 0.6) is 0 Å². The van der Waals surface area contributed by atoms with Crippen LogP contribution in [0.1, 0.15) is 71.1 Å². The molecule has 2 aliphatic heterocycles. The fraction of sp³-hybridized carbons (Fsp3) is 0.909. The van der Waals surface area contributed by atoms with E-state index in [1.54, 1.807) is 0 Å². The molecule has 0 N–H and O–H groups in total. The van der Waals surface area contributed by atoms with Crippen LogP contribution < -0.4 is 0 Å². The number of rotatable bonds is 5. The zero-order valence-electron chi connectivity index (χ0n) is 17.3. The molecule has 2 heterocycles. The Hall–Kier alpha value is -1.10. The Kier molecular flexibility index (Phi) is 7.98. The van der Waals surface area contributed by atoms with Gasteiger partial charge in [-0.2, -0.15) is 0 Å². The summed E-state index contributed by atoms with van der Waals surface area (Å²) < 4.78 is 0. The Bertz CT molecular complexity index is 490. The van der Waals surface area contributed by atoms with Crippen molar-refractivity contribution in [1.29, 1.82) is 0 Å². The van der Waals surface area contributed by atoms with E-state index in [-0.39, 0.29) is 11.8 Å². The first-order valence-corrected chi connectivity index (χ1v) is 11.5. The standard InChI is InChI=1S/C22H39N3O2/c1-2-8-21(26)25-13-6-11-20(18-25)22(27)24-14-7-12-23(15-16-24)17-19-9-4-3-5-10-19/h19-20H,2-18H2,1H3/t20-/m0/s1. The van der Waals surface area contributed by atoms with E-state index >= 15 is 0 Å². The van der Waals surface area contributed by atoms with E-state index in [4.69, 9.17) is 0 Å². The molecule has 0 aromatic carbocycles. The summed E-state index contributed by atoms with van der Waals surface area (Å²) in [5, 5.41) is 0. The van der Waals surface area contributed by atoms with E-state index in [1.807, 2.05) is 11.8 Å². The van der Waals surface area contributed by atoms with Gasteiger partial charge in [-0.15, -0.1) is 0 Å². The number of likely N-dealkylation sites (tertiary alicyclic amines) is 1. The van der Waals surface area contributed by atoms with Crippen molar-refractivity contribution in [3.05, 3.63) is 0 Å². The molecule has 1 atom stereocenters. The molecule has 1 saturated carbocycles. The summed E-state index contributed by atoms with van der Waals surface area (Å²) in [5.41, 5.74) is 0. The van der Waals surface area contributed by atoms with Crippen molar-refractivity contribution in [3.63, 3.8) is 0 Å². The third-order valence-corrected chi connectivity index (χ3v) is 6.73. The predicted octanol–water partition coefficient (Wildman–Crippen LogP) is 3.14. The van der Waals surface area contributed by atoms with Gasteiger partial charge < -0.3 is 14.7 Å². The summed E-state index contributed by atoms with van der Waals surface area (Å²) in [6, 6.07) is 0. The molecule has 27 heavy (non-hydrogen) atoms. The SMILES string of the molecule is CCCC(=O)N1CCC[C@H](C(=O)N2CCCN(CC3CCCCC3)CC2)C1. The maximum absolute atomic E-state index is 13.1. The number of amides is 2. The van der Waals surface area contributed by atoms with Gasteiger partial charge >= 0.3 is 0 Å². The lowest BCUT2D eigenvalue weighted by atomic mass is 9.89. The maximum Gasteiger partial charge on any atom is 0.227 e. The minimum absolute atomic E-state index is 0.0180. The first-order valence-electron chi connectivity index (χ1n) is 11.5. The Balaban J connectivity index is 1.47. The van der Waals surface area contributed by atoms with Gasteiger partial charge in [0.25, 0.3) is 0 Å². The number of hydrogen-bond acceptors (Lipinski definition) is 3. The van der Waals surface area contributed by atoms with Crippen molar-refractivity contribution < 1.29 is 9.59 Å². The molecule has 154 valence electrons. The quantitative estimate of drug-likeness (QED) is 0.739. The molecule has 0 unspecified atom stereocenters. The van der Waals surface area contributed by atoms with Crippen LogP contribution in [-0.4, -0.2) is 72.3 Å². The first-order chi connectivity index (χ1) is 13.2. The zero-order chi connectivity index (χ0) is 19.1. The van der Waals surface area contributed by atoms with Gasteiger partial charge in [0.2, 0.25) is 11.8 Å². The molecule has 2 amide bonds. The number of piperidine rings is 1. The van der Waals surface area contributed by atoms with Crippen molar-refractivity contribution >= 4 is 11.8 Å². The second-order valence-corrected chi connectivity index (χ2v) is 8.91. The molecular weight excluding hydrogens is 338 g/mol. The summed E-state index contributed by atoms with van der Waals surface area (Å²) in [6.07, 6.45) is 11.5. The highest BCUT2D eigenvalue weighted by Crippen LogP contribution is 2.25. The number of carbonyl (C=O) groups is 2. The zero-order valence-corrected chi connectivity index (χ0v) is 17.3. The van der Waals surface area contributed by atoms with E-state index in [0.29, 0.717) is 18.9 Å². The minimum Gasteiger partial charge on any atom is -0.342 e. The number of carbonyl (C=O) groups excluding carboxylic acids is 2. The van der Waals surface area contributed by atoms with Gasteiger partial charge in [0, 0.05) is 45.7 Å². The average Bonchev–Trinajstić information content (AvgIpc) is 2.94. The van der Waals surface area contributed by atoms with Crippen LogP contribution in [0.25, 0.3) is 0 Å². The van der Waals surface area contributed by atoms with Gasteiger partial charge in [-0.1, -0.05) is 26.2 Å². The minimum atomic E-state index is 0.0180. The van der Waals surface area contributed by atoms with Crippen LogP contribution >= 0.6 is 0 Å². The topological polar surface area (TPSA) is 43.9 Å². The molecule has 1 aliphatic carbocycles. The van der Waals surface area contributed by atoms with Crippen LogP contribution in [0.15, 0.2) is 0 Å². The highest BCUT2D eigenvalue weighted by molar-refractivity contribution is 5.81. The van der Waals surface area contributed by atoms with E-state index in [0.717, 1.165) is 64.3 Å². The third-order valence-electron chi connectivity index (χ3n) is 6.73. The van der Waals surface area contributed by atoms with Crippen LogP contribution in [0.3, 0.4) is 0 Å². The van der Waals surface area contributed by atoms with E-state index in [9.17, 15) is 9.59 Å². The molecule has 0 aromatic rings. The van der Waals surface area contributed by atoms with Crippen LogP contribution in [0, 0.1) is 11.8 Å². The van der Waals surface area contributed by atoms with Crippen LogP contribution in [-0.2, 0) is 9.59 Å². The van der Waals surface area contributed by atoms with Crippen molar-refractivity contribution in [2.75, 3.05) is 45.8 Å². The van der Waals surface area contributed by atoms with Gasteiger partial charge in [0.05, 0.1) is 5.92 Å². The van der Waals surface area contributed by atoms with Gasteiger partial charge in [0.1, 0.15) is 0 Å². The lowest BCUT2D eigenvalue weighted by Crippen LogP contribution is -2.47. The maximum atomic E-state index is 13.1. The van der Waals surface area contributed by atoms with Gasteiger partial charge in [0.15, 0.2) is 0 Å². The molecule has 5 heteroatoms. The summed E-state index contributed by atoms with van der Waals surface area (Å²) in [4.78, 5) is 32.0. The second kappa shape index (κ2) is 10.4. The largest absolute Gasteiger partial charge is 0.342 e. The molecule has 3 aliphatic rings. The van der Waals surface area contributed by atoms with Crippen molar-refractivity contribution in [1.82, 2.24) is 14.7 Å². The lowest BCUT2D eigenvalue weighted by Gasteiger charge is -2.35. The van der Waals surface area contributed by atoms with Crippen molar-refractivity contribution in [2.45, 2.75) is 71.1 Å². The van der Waals surface area contributed by atoms with E-state index < -0.39 is 0 Å². The monoisotopic (exact) mass is 377 g/mol. The lowest BCUT2D eigenvalue weighted by molar-refractivity contribution is -0.140. The highest BCUT2D eigenvalue weighted by Gasteiger charge is 2.32. The first kappa shape index (κ1) is 20.6. The van der Waals surface area contributed by atoms with Crippen LogP contribution in [0.4, 0.5) is 0 Å². The van der Waals surface area contributed by atoms with E-state index in [1.165, 1.54) is 38.6 Å².